The van der Waals surface area contributed by atoms with Crippen molar-refractivity contribution in [1.29, 1.82) is 0 Å². The molecule has 158 valence electrons. The number of aryl methyl sites for hydroxylation is 2. The number of amidine groups is 1. The van der Waals surface area contributed by atoms with E-state index in [2.05, 4.69) is 47.1 Å². The number of hydrogen-bond acceptors (Lipinski definition) is 3. The highest BCUT2D eigenvalue weighted by atomic mass is 19.1. The summed E-state index contributed by atoms with van der Waals surface area (Å²) in [6.07, 6.45) is 11.8. The van der Waals surface area contributed by atoms with Gasteiger partial charge >= 0.3 is 0 Å². The van der Waals surface area contributed by atoms with Crippen LogP contribution in [-0.4, -0.2) is 32.4 Å². The molecule has 0 radical (unpaired) electrons. The summed E-state index contributed by atoms with van der Waals surface area (Å²) in [7, 11) is 1.91. The zero-order valence-corrected chi connectivity index (χ0v) is 18.3. The monoisotopic (exact) mass is 398 g/mol. The number of hydrogen-bond donors (Lipinski definition) is 1. The number of halogens is 1. The number of benzene rings is 1. The molecule has 1 aromatic carbocycles. The molecule has 1 N–H and O–H groups in total. The van der Waals surface area contributed by atoms with Crippen LogP contribution in [0.3, 0.4) is 0 Å². The topological polar surface area (TPSA) is 49.1 Å². The minimum absolute atomic E-state index is 0.150. The van der Waals surface area contributed by atoms with Gasteiger partial charge in [-0.05, 0) is 75.7 Å². The summed E-state index contributed by atoms with van der Waals surface area (Å²) in [5, 5.41) is 3.26. The SMILES string of the molecule is C=C.C=NC(CN=C/C=C\C)=N/C=C\CCc1cc(C)c(F)cc1C(CC)NC. The fourth-order valence-electron chi connectivity index (χ4n) is 2.74. The first-order valence-corrected chi connectivity index (χ1v) is 9.83. The van der Waals surface area contributed by atoms with E-state index in [4.69, 9.17) is 0 Å². The van der Waals surface area contributed by atoms with Crippen molar-refractivity contribution in [3.63, 3.8) is 0 Å². The molecule has 0 aromatic heterocycles. The second kappa shape index (κ2) is 16.3. The van der Waals surface area contributed by atoms with Crippen molar-refractivity contribution in [3.05, 3.63) is 72.2 Å². The molecule has 0 spiro atoms. The van der Waals surface area contributed by atoms with Crippen LogP contribution in [0.25, 0.3) is 0 Å². The van der Waals surface area contributed by atoms with Crippen LogP contribution in [0.2, 0.25) is 0 Å². The molecule has 0 bridgehead atoms. The van der Waals surface area contributed by atoms with E-state index in [1.165, 1.54) is 5.56 Å². The lowest BCUT2D eigenvalue weighted by Gasteiger charge is -2.19. The molecule has 0 aliphatic heterocycles. The average Bonchev–Trinajstić information content (AvgIpc) is 2.74. The van der Waals surface area contributed by atoms with Gasteiger partial charge in [-0.3, -0.25) is 4.99 Å². The highest BCUT2D eigenvalue weighted by Crippen LogP contribution is 2.25. The van der Waals surface area contributed by atoms with Gasteiger partial charge in [0.05, 0.1) is 6.54 Å². The van der Waals surface area contributed by atoms with Crippen LogP contribution in [0.15, 0.2) is 64.7 Å². The van der Waals surface area contributed by atoms with Gasteiger partial charge in [-0.25, -0.2) is 14.4 Å². The van der Waals surface area contributed by atoms with E-state index in [1.54, 1.807) is 25.4 Å². The zero-order chi connectivity index (χ0) is 22.1. The van der Waals surface area contributed by atoms with Crippen LogP contribution in [0.1, 0.15) is 49.4 Å². The molecule has 1 unspecified atom stereocenters. The van der Waals surface area contributed by atoms with Crippen molar-refractivity contribution < 1.29 is 4.39 Å². The largest absolute Gasteiger partial charge is 0.313 e. The van der Waals surface area contributed by atoms with Crippen molar-refractivity contribution in [2.45, 2.75) is 46.1 Å². The van der Waals surface area contributed by atoms with E-state index in [0.29, 0.717) is 17.9 Å². The van der Waals surface area contributed by atoms with Gasteiger partial charge < -0.3 is 5.32 Å². The molecule has 0 heterocycles. The van der Waals surface area contributed by atoms with Crippen molar-refractivity contribution in [1.82, 2.24) is 5.32 Å². The number of nitrogens with one attached hydrogen (secondary N) is 1. The number of rotatable bonds is 10. The smallest absolute Gasteiger partial charge is 0.148 e. The summed E-state index contributed by atoms with van der Waals surface area (Å²) in [6, 6.07) is 3.78. The fourth-order valence-corrected chi connectivity index (χ4v) is 2.74. The first kappa shape index (κ1) is 26.3. The van der Waals surface area contributed by atoms with E-state index in [0.717, 1.165) is 24.8 Å². The third-order valence-corrected chi connectivity index (χ3v) is 4.26. The van der Waals surface area contributed by atoms with E-state index in [9.17, 15) is 4.39 Å². The Kier molecular flexibility index (Phi) is 14.8. The molecule has 0 saturated heterocycles. The molecule has 29 heavy (non-hydrogen) atoms. The summed E-state index contributed by atoms with van der Waals surface area (Å²) < 4.78 is 14.0. The quantitative estimate of drug-likeness (QED) is 0.302. The van der Waals surface area contributed by atoms with Gasteiger partial charge in [-0.1, -0.05) is 25.1 Å². The maximum atomic E-state index is 14.0. The molecule has 1 aromatic rings. The second-order valence-electron chi connectivity index (χ2n) is 6.19. The summed E-state index contributed by atoms with van der Waals surface area (Å²) in [5.74, 6) is 0.425. The summed E-state index contributed by atoms with van der Waals surface area (Å²) >= 11 is 0. The van der Waals surface area contributed by atoms with Crippen LogP contribution in [0.4, 0.5) is 4.39 Å². The second-order valence-corrected chi connectivity index (χ2v) is 6.19. The lowest BCUT2D eigenvalue weighted by molar-refractivity contribution is 0.557. The molecule has 0 aliphatic rings. The Labute approximate surface area is 175 Å². The molecule has 0 fully saturated rings. The van der Waals surface area contributed by atoms with Crippen molar-refractivity contribution in [2.24, 2.45) is 15.0 Å². The number of nitrogens with zero attached hydrogens (tertiary/aromatic N) is 3. The third-order valence-electron chi connectivity index (χ3n) is 4.26. The average molecular weight is 399 g/mol. The van der Waals surface area contributed by atoms with E-state index in [1.807, 2.05) is 38.3 Å². The van der Waals surface area contributed by atoms with Crippen molar-refractivity contribution >= 4 is 18.8 Å². The molecule has 5 heteroatoms. The van der Waals surface area contributed by atoms with Gasteiger partial charge in [0.1, 0.15) is 11.7 Å². The Morgan fingerprint density at radius 2 is 2.03 bits per heavy atom. The Bertz CT molecular complexity index is 729. The highest BCUT2D eigenvalue weighted by Gasteiger charge is 2.14. The summed E-state index contributed by atoms with van der Waals surface area (Å²) in [6.45, 7) is 15.8. The lowest BCUT2D eigenvalue weighted by atomic mass is 9.93. The van der Waals surface area contributed by atoms with Gasteiger partial charge in [0, 0.05) is 18.5 Å². The normalized spacial score (nSPS) is 13.1. The van der Waals surface area contributed by atoms with Gasteiger partial charge in [-0.2, -0.15) is 0 Å². The van der Waals surface area contributed by atoms with Crippen molar-refractivity contribution in [2.75, 3.05) is 13.6 Å². The van der Waals surface area contributed by atoms with Crippen LogP contribution in [0, 0.1) is 12.7 Å². The molecule has 0 aliphatic carbocycles. The Balaban J connectivity index is 0.00000379. The maximum Gasteiger partial charge on any atom is 0.148 e. The summed E-state index contributed by atoms with van der Waals surface area (Å²) in [5.41, 5.74) is 2.88. The Morgan fingerprint density at radius 3 is 2.62 bits per heavy atom. The van der Waals surface area contributed by atoms with Gasteiger partial charge in [0.2, 0.25) is 0 Å². The predicted molar refractivity (Wildman–Crippen MR) is 127 cm³/mol. The van der Waals surface area contributed by atoms with E-state index < -0.39 is 0 Å². The molecule has 0 saturated carbocycles. The minimum Gasteiger partial charge on any atom is -0.313 e. The van der Waals surface area contributed by atoms with Gasteiger partial charge in [-0.15, -0.1) is 13.2 Å². The van der Waals surface area contributed by atoms with Crippen LogP contribution >= 0.6 is 0 Å². The standard InChI is InChI=1S/C22H31FN4.C2H4/c1-6-8-12-26-16-22(25-5)27-13-10-9-11-18-14-17(3)20(23)15-19(18)21(7-2)24-4;1-2/h6,8,10,12-15,21,24H,5,7,9,11,16H2,1-4H3;1-2H2/b8-6-,13-10-,26-12?,27-22?;. The zero-order valence-electron chi connectivity index (χ0n) is 18.3. The highest BCUT2D eigenvalue weighted by molar-refractivity contribution is 5.89. The molecule has 1 rings (SSSR count). The molecular weight excluding hydrogens is 363 g/mol. The molecule has 1 atom stereocenters. The van der Waals surface area contributed by atoms with Crippen LogP contribution < -0.4 is 5.32 Å². The lowest BCUT2D eigenvalue weighted by Crippen LogP contribution is -2.17. The predicted octanol–water partition coefficient (Wildman–Crippen LogP) is 5.80. The summed E-state index contributed by atoms with van der Waals surface area (Å²) in [4.78, 5) is 12.4. The Morgan fingerprint density at radius 1 is 1.31 bits per heavy atom. The fraction of sp³-hybridized carbons (Fsp3) is 0.375. The van der Waals surface area contributed by atoms with Crippen LogP contribution in [0.5, 0.6) is 0 Å². The minimum atomic E-state index is -0.150. The maximum absolute atomic E-state index is 14.0. The number of allylic oxidation sites excluding steroid dienone is 3. The molecule has 0 amide bonds. The van der Waals surface area contributed by atoms with Gasteiger partial charge in [0.25, 0.3) is 0 Å². The molecule has 4 nitrogen and oxygen atoms in total. The third kappa shape index (κ3) is 9.90. The first-order chi connectivity index (χ1) is 14.1. The number of aliphatic imine (C=N–C) groups is 3. The van der Waals surface area contributed by atoms with E-state index >= 15 is 0 Å². The molecular formula is C24H35FN4. The van der Waals surface area contributed by atoms with Crippen molar-refractivity contribution in [3.8, 4) is 0 Å². The van der Waals surface area contributed by atoms with E-state index in [-0.39, 0.29) is 11.9 Å². The first-order valence-electron chi connectivity index (χ1n) is 9.83. The van der Waals surface area contributed by atoms with Gasteiger partial charge in [0.15, 0.2) is 0 Å². The Hall–Kier alpha value is -2.66. The van der Waals surface area contributed by atoms with Crippen LogP contribution in [-0.2, 0) is 6.42 Å².